The molecule has 146 valence electrons. The molecule has 0 aromatic carbocycles. The maximum atomic E-state index is 13.9. The molecule has 1 N–H and O–H groups in total. The van der Waals surface area contributed by atoms with E-state index < -0.39 is 23.3 Å². The second-order valence-electron chi connectivity index (χ2n) is 6.44. The number of hydrogen-bond acceptors (Lipinski definition) is 4. The first-order chi connectivity index (χ1) is 12.1. The van der Waals surface area contributed by atoms with E-state index in [2.05, 4.69) is 21.0 Å². The van der Waals surface area contributed by atoms with Crippen LogP contribution in [0, 0.1) is 18.0 Å². The zero-order valence-corrected chi connectivity index (χ0v) is 17.2. The van der Waals surface area contributed by atoms with E-state index in [4.69, 9.17) is 5.11 Å². The first-order valence-electron chi connectivity index (χ1n) is 7.66. The molecular weight excluding hydrogens is 539 g/mol. The van der Waals surface area contributed by atoms with Crippen molar-refractivity contribution in [1.29, 1.82) is 0 Å². The van der Waals surface area contributed by atoms with Crippen molar-refractivity contribution in [2.45, 2.75) is 19.3 Å². The van der Waals surface area contributed by atoms with Gasteiger partial charge in [-0.2, -0.15) is 0 Å². The molecule has 0 unspecified atom stereocenters. The number of aromatic carboxylic acids is 1. The number of pyridine rings is 1. The van der Waals surface area contributed by atoms with Gasteiger partial charge < -0.3 is 14.2 Å². The molecule has 0 saturated heterocycles. The van der Waals surface area contributed by atoms with Crippen molar-refractivity contribution >= 4 is 5.97 Å². The van der Waals surface area contributed by atoms with Crippen LogP contribution in [-0.2, 0) is 40.6 Å². The molecule has 3 aromatic rings. The average molecular weight is 555 g/mol. The molecule has 0 fully saturated rings. The molecule has 7 nitrogen and oxygen atoms in total. The van der Waals surface area contributed by atoms with Gasteiger partial charge in [0.15, 0.2) is 5.69 Å². The first kappa shape index (κ1) is 20.9. The molecule has 0 saturated carbocycles. The summed E-state index contributed by atoms with van der Waals surface area (Å²) >= 11 is 0. The molecule has 3 aromatic heterocycles. The summed E-state index contributed by atoms with van der Waals surface area (Å²) in [6, 6.07) is 3.44. The maximum Gasteiger partial charge on any atom is 0.356 e. The molecule has 0 radical (unpaired) electrons. The third-order valence-corrected chi connectivity index (χ3v) is 4.09. The monoisotopic (exact) mass is 555 g/mol. The average Bonchev–Trinajstić information content (AvgIpc) is 3.11. The second kappa shape index (κ2) is 7.31. The van der Waals surface area contributed by atoms with Crippen molar-refractivity contribution in [3.05, 3.63) is 53.8 Å². The van der Waals surface area contributed by atoms with Crippen LogP contribution in [0.4, 0.5) is 8.78 Å². The molecule has 3 heterocycles. The number of imidazole rings is 2. The molecule has 27 heavy (non-hydrogen) atoms. The van der Waals surface area contributed by atoms with E-state index in [1.165, 1.54) is 6.20 Å². The van der Waals surface area contributed by atoms with Gasteiger partial charge in [-0.15, -0.1) is 6.07 Å². The number of rotatable bonds is 4. The Hall–Kier alpha value is -2.41. The van der Waals surface area contributed by atoms with E-state index in [0.29, 0.717) is 11.6 Å². The zero-order valence-electron chi connectivity index (χ0n) is 14.9. The van der Waals surface area contributed by atoms with Crippen LogP contribution in [0.15, 0.2) is 18.5 Å². The molecule has 0 aliphatic carbocycles. The molecule has 10 heteroatoms. The number of carboxylic acids is 1. The molecule has 3 rings (SSSR count). The van der Waals surface area contributed by atoms with Crippen molar-refractivity contribution < 1.29 is 39.7 Å². The Morgan fingerprint density at radius 2 is 1.70 bits per heavy atom. The van der Waals surface area contributed by atoms with E-state index in [1.807, 2.05) is 13.8 Å². The van der Waals surface area contributed by atoms with Gasteiger partial charge in [0.2, 0.25) is 0 Å². The van der Waals surface area contributed by atoms with Gasteiger partial charge >= 0.3 is 5.97 Å². The van der Waals surface area contributed by atoms with E-state index in [-0.39, 0.29) is 38.0 Å². The van der Waals surface area contributed by atoms with Gasteiger partial charge in [-0.05, 0) is 20.0 Å². The van der Waals surface area contributed by atoms with Crippen molar-refractivity contribution in [2.24, 2.45) is 14.1 Å². The zero-order chi connectivity index (χ0) is 19.2. The van der Waals surface area contributed by atoms with Gasteiger partial charge in [0, 0.05) is 47.1 Å². The Bertz CT molecular complexity index is 1010. The van der Waals surface area contributed by atoms with Gasteiger partial charge in [0.1, 0.15) is 23.5 Å². The molecule has 0 amide bonds. The minimum absolute atomic E-state index is 0. The van der Waals surface area contributed by atoms with Crippen LogP contribution in [0.1, 0.15) is 36.0 Å². The summed E-state index contributed by atoms with van der Waals surface area (Å²) in [6.45, 7) is 3.66. The number of aryl methyl sites for hydroxylation is 2. The predicted molar refractivity (Wildman–Crippen MR) is 87.5 cm³/mol. The Kier molecular flexibility index (Phi) is 5.65. The van der Waals surface area contributed by atoms with Gasteiger partial charge in [0.25, 0.3) is 0 Å². The quantitative estimate of drug-likeness (QED) is 0.395. The molecule has 0 atom stereocenters. The van der Waals surface area contributed by atoms with E-state index in [1.54, 1.807) is 29.4 Å². The minimum Gasteiger partial charge on any atom is -0.476 e. The number of nitrogens with zero attached hydrogens (tertiary/aromatic N) is 5. The Labute approximate surface area is 168 Å². The van der Waals surface area contributed by atoms with Gasteiger partial charge in [0.05, 0.1) is 5.41 Å². The van der Waals surface area contributed by atoms with Crippen molar-refractivity contribution in [1.82, 2.24) is 24.1 Å². The molecule has 0 aliphatic heterocycles. The van der Waals surface area contributed by atoms with E-state index in [0.717, 1.165) is 6.07 Å². The maximum absolute atomic E-state index is 13.9. The first-order valence-corrected chi connectivity index (χ1v) is 7.66. The fourth-order valence-corrected chi connectivity index (χ4v) is 2.97. The Morgan fingerprint density at radius 1 is 1.11 bits per heavy atom. The fraction of sp³-hybridized carbons (Fsp3) is 0.294. The largest absolute Gasteiger partial charge is 0.476 e. The van der Waals surface area contributed by atoms with Crippen LogP contribution in [0.25, 0.3) is 11.3 Å². The normalized spacial score (nSPS) is 11.3. The van der Waals surface area contributed by atoms with Crippen molar-refractivity contribution in [3.8, 4) is 11.3 Å². The summed E-state index contributed by atoms with van der Waals surface area (Å²) in [6.07, 6.45) is 2.99. The van der Waals surface area contributed by atoms with Crippen LogP contribution in [0.2, 0.25) is 0 Å². The van der Waals surface area contributed by atoms with Gasteiger partial charge in [-0.3, -0.25) is 9.97 Å². The third kappa shape index (κ3) is 3.69. The van der Waals surface area contributed by atoms with Crippen molar-refractivity contribution in [2.75, 3.05) is 0 Å². The summed E-state index contributed by atoms with van der Waals surface area (Å²) < 4.78 is 30.2. The summed E-state index contributed by atoms with van der Waals surface area (Å²) in [4.78, 5) is 22.9. The van der Waals surface area contributed by atoms with Gasteiger partial charge in [-0.25, -0.2) is 18.6 Å². The summed E-state index contributed by atoms with van der Waals surface area (Å²) in [5, 5.41) is 9.14. The molecular formula is C17H16F2N5O2Pt-. The summed E-state index contributed by atoms with van der Waals surface area (Å²) in [5.74, 6) is -2.08. The summed E-state index contributed by atoms with van der Waals surface area (Å²) in [5.41, 5.74) is -0.658. The standard InChI is InChI=1S/C17H16F2N5O2.Pt/c1-17(2,16-21-11(14(25)26)8-24(16)4)15-20-10(7-23(15)3)9-5-6-12(18)22-13(9)19;/h6-8H,1-4H3,(H,25,26);/q-1;. The molecule has 0 spiro atoms. The minimum atomic E-state index is -1.13. The van der Waals surface area contributed by atoms with Crippen LogP contribution in [0.5, 0.6) is 0 Å². The molecule has 0 bridgehead atoms. The smallest absolute Gasteiger partial charge is 0.356 e. The fourth-order valence-electron chi connectivity index (χ4n) is 2.97. The second-order valence-corrected chi connectivity index (χ2v) is 6.44. The Balaban J connectivity index is 0.00000261. The van der Waals surface area contributed by atoms with Gasteiger partial charge in [-0.1, -0.05) is 11.6 Å². The molecule has 0 aliphatic rings. The number of hydrogen-bond donors (Lipinski definition) is 1. The number of aromatic nitrogens is 5. The SMILES string of the molecule is Cn1cc(C(=O)O)nc1C(C)(C)c1nc(-c2[c-]cc(F)nc2F)cn1C.[Pt]. The Morgan fingerprint density at radius 3 is 2.26 bits per heavy atom. The number of carboxylic acid groups (broad SMARTS) is 1. The number of halogens is 2. The van der Waals surface area contributed by atoms with Crippen LogP contribution >= 0.6 is 0 Å². The third-order valence-electron chi connectivity index (χ3n) is 4.09. The summed E-state index contributed by atoms with van der Waals surface area (Å²) in [7, 11) is 3.42. The van der Waals surface area contributed by atoms with E-state index >= 15 is 0 Å². The topological polar surface area (TPSA) is 85.8 Å². The van der Waals surface area contributed by atoms with Crippen LogP contribution < -0.4 is 0 Å². The van der Waals surface area contributed by atoms with E-state index in [9.17, 15) is 13.6 Å². The number of carbonyl (C=O) groups is 1. The van der Waals surface area contributed by atoms with Crippen LogP contribution in [-0.4, -0.2) is 35.2 Å². The van der Waals surface area contributed by atoms with Crippen LogP contribution in [0.3, 0.4) is 0 Å². The predicted octanol–water partition coefficient (Wildman–Crippen LogP) is 2.32. The van der Waals surface area contributed by atoms with Crippen molar-refractivity contribution in [3.63, 3.8) is 0 Å².